The fraction of sp³-hybridized carbons (Fsp3) is 0.353. The molecule has 5 nitrogen and oxygen atoms in total. The normalized spacial score (nSPS) is 15.9. The standard InChI is InChI=1S/C17H17F3N4O/c18-17(19,20)15-2-1-14(11-22-15)23-16(25)24-9-5-13(6-10-24)12-3-7-21-8-4-12/h1-4,7-8,11,13H,5-6,9-10H2,(H,23,25). The lowest BCUT2D eigenvalue weighted by atomic mass is 9.90. The van der Waals surface area contributed by atoms with E-state index >= 15 is 0 Å². The molecule has 0 spiro atoms. The maximum Gasteiger partial charge on any atom is 0.433 e. The number of anilines is 1. The average Bonchev–Trinajstić information content (AvgIpc) is 2.62. The molecule has 2 aromatic heterocycles. The predicted octanol–water partition coefficient (Wildman–Crippen LogP) is 3.91. The molecule has 1 aliphatic heterocycles. The Hall–Kier alpha value is -2.64. The van der Waals surface area contributed by atoms with Gasteiger partial charge in [-0.2, -0.15) is 13.2 Å². The number of pyridine rings is 2. The highest BCUT2D eigenvalue weighted by molar-refractivity contribution is 5.89. The van der Waals surface area contributed by atoms with Crippen molar-refractivity contribution in [2.24, 2.45) is 0 Å². The smallest absolute Gasteiger partial charge is 0.324 e. The summed E-state index contributed by atoms with van der Waals surface area (Å²) < 4.78 is 37.5. The summed E-state index contributed by atoms with van der Waals surface area (Å²) in [5.74, 6) is 0.389. The minimum absolute atomic E-state index is 0.245. The van der Waals surface area contributed by atoms with E-state index < -0.39 is 11.9 Å². The van der Waals surface area contributed by atoms with Crippen LogP contribution >= 0.6 is 0 Å². The van der Waals surface area contributed by atoms with Crippen molar-refractivity contribution in [3.63, 3.8) is 0 Å². The van der Waals surface area contributed by atoms with Crippen LogP contribution in [0.5, 0.6) is 0 Å². The van der Waals surface area contributed by atoms with Crippen LogP contribution in [0, 0.1) is 0 Å². The highest BCUT2D eigenvalue weighted by atomic mass is 19.4. The number of carbonyl (C=O) groups is 1. The number of nitrogens with zero attached hydrogens (tertiary/aromatic N) is 3. The third-order valence-electron chi connectivity index (χ3n) is 4.26. The van der Waals surface area contributed by atoms with Crippen molar-refractivity contribution >= 4 is 11.7 Å². The van der Waals surface area contributed by atoms with Crippen molar-refractivity contribution < 1.29 is 18.0 Å². The van der Waals surface area contributed by atoms with Gasteiger partial charge in [0.15, 0.2) is 0 Å². The topological polar surface area (TPSA) is 58.1 Å². The number of urea groups is 1. The van der Waals surface area contributed by atoms with Crippen molar-refractivity contribution in [2.45, 2.75) is 24.9 Å². The van der Waals surface area contributed by atoms with Gasteiger partial charge >= 0.3 is 12.2 Å². The van der Waals surface area contributed by atoms with Crippen LogP contribution in [0.1, 0.15) is 30.0 Å². The van der Waals surface area contributed by atoms with Gasteiger partial charge in [-0.25, -0.2) is 9.78 Å². The fourth-order valence-corrected chi connectivity index (χ4v) is 2.89. The number of carbonyl (C=O) groups excluding carboxylic acids is 1. The zero-order valence-corrected chi connectivity index (χ0v) is 13.3. The average molecular weight is 350 g/mol. The molecule has 1 aliphatic rings. The lowest BCUT2D eigenvalue weighted by molar-refractivity contribution is -0.141. The molecule has 3 rings (SSSR count). The summed E-state index contributed by atoms with van der Waals surface area (Å²) in [5, 5.41) is 2.59. The molecule has 0 saturated carbocycles. The Labute approximate surface area is 142 Å². The van der Waals surface area contributed by atoms with Crippen molar-refractivity contribution in [3.05, 3.63) is 54.1 Å². The van der Waals surface area contributed by atoms with Crippen LogP contribution in [-0.4, -0.2) is 34.0 Å². The molecule has 0 aromatic carbocycles. The van der Waals surface area contributed by atoms with Crippen molar-refractivity contribution in [3.8, 4) is 0 Å². The number of likely N-dealkylation sites (tertiary alicyclic amines) is 1. The molecule has 0 unspecified atom stereocenters. The summed E-state index contributed by atoms with van der Waals surface area (Å²) in [6, 6.07) is 5.69. The van der Waals surface area contributed by atoms with Crippen LogP contribution in [0.3, 0.4) is 0 Å². The number of hydrogen-bond acceptors (Lipinski definition) is 3. The lowest BCUT2D eigenvalue weighted by Gasteiger charge is -2.32. The highest BCUT2D eigenvalue weighted by Crippen LogP contribution is 2.29. The number of amides is 2. The first-order valence-corrected chi connectivity index (χ1v) is 7.92. The number of hydrogen-bond donors (Lipinski definition) is 1. The number of rotatable bonds is 2. The molecule has 8 heteroatoms. The van der Waals surface area contributed by atoms with Crippen molar-refractivity contribution in [2.75, 3.05) is 18.4 Å². The molecular weight excluding hydrogens is 333 g/mol. The molecule has 3 heterocycles. The van der Waals surface area contributed by atoms with E-state index in [9.17, 15) is 18.0 Å². The Morgan fingerprint density at radius 2 is 1.80 bits per heavy atom. The summed E-state index contributed by atoms with van der Waals surface area (Å²) in [4.78, 5) is 21.2. The number of nitrogens with one attached hydrogen (secondary N) is 1. The number of alkyl halides is 3. The van der Waals surface area contributed by atoms with Gasteiger partial charge in [0.25, 0.3) is 0 Å². The molecule has 1 fully saturated rings. The second-order valence-corrected chi connectivity index (χ2v) is 5.90. The first kappa shape index (κ1) is 17.2. The summed E-state index contributed by atoms with van der Waals surface area (Å²) in [5.41, 5.74) is 0.472. The van der Waals surface area contributed by atoms with Gasteiger partial charge in [0, 0.05) is 25.5 Å². The second kappa shape index (κ2) is 7.08. The van der Waals surface area contributed by atoms with Gasteiger partial charge in [0.1, 0.15) is 5.69 Å². The minimum Gasteiger partial charge on any atom is -0.324 e. The second-order valence-electron chi connectivity index (χ2n) is 5.90. The van der Waals surface area contributed by atoms with E-state index in [1.807, 2.05) is 12.1 Å². The van der Waals surface area contributed by atoms with Gasteiger partial charge in [-0.3, -0.25) is 4.98 Å². The molecule has 2 aromatic rings. The molecule has 0 aliphatic carbocycles. The molecule has 1 N–H and O–H groups in total. The van der Waals surface area contributed by atoms with E-state index in [1.165, 1.54) is 11.6 Å². The largest absolute Gasteiger partial charge is 0.433 e. The van der Waals surface area contributed by atoms with Crippen LogP contribution in [0.15, 0.2) is 42.9 Å². The summed E-state index contributed by atoms with van der Waals surface area (Å²) in [6.45, 7) is 1.18. The van der Waals surface area contributed by atoms with E-state index in [-0.39, 0.29) is 11.7 Å². The Balaban J connectivity index is 1.54. The molecule has 132 valence electrons. The van der Waals surface area contributed by atoms with Gasteiger partial charge in [-0.05, 0) is 48.6 Å². The van der Waals surface area contributed by atoms with Gasteiger partial charge < -0.3 is 10.2 Å². The van der Waals surface area contributed by atoms with Gasteiger partial charge in [-0.1, -0.05) is 0 Å². The van der Waals surface area contributed by atoms with E-state index in [4.69, 9.17) is 0 Å². The third kappa shape index (κ3) is 4.26. The summed E-state index contributed by atoms with van der Waals surface area (Å²) in [6.07, 6.45) is 1.71. The Morgan fingerprint density at radius 3 is 2.36 bits per heavy atom. The van der Waals surface area contributed by atoms with E-state index in [1.54, 1.807) is 17.3 Å². The first-order chi connectivity index (χ1) is 11.9. The molecule has 0 bridgehead atoms. The van der Waals surface area contributed by atoms with Crippen LogP contribution in [0.2, 0.25) is 0 Å². The predicted molar refractivity (Wildman–Crippen MR) is 86.0 cm³/mol. The summed E-state index contributed by atoms with van der Waals surface area (Å²) >= 11 is 0. The molecule has 0 radical (unpaired) electrons. The molecule has 1 saturated heterocycles. The monoisotopic (exact) mass is 350 g/mol. The van der Waals surface area contributed by atoms with Crippen LogP contribution in [0.4, 0.5) is 23.7 Å². The fourth-order valence-electron chi connectivity index (χ4n) is 2.89. The molecular formula is C17H17F3N4O. The quantitative estimate of drug-likeness (QED) is 0.893. The summed E-state index contributed by atoms with van der Waals surface area (Å²) in [7, 11) is 0. The highest BCUT2D eigenvalue weighted by Gasteiger charge is 2.32. The number of piperidine rings is 1. The molecule has 25 heavy (non-hydrogen) atoms. The third-order valence-corrected chi connectivity index (χ3v) is 4.26. The first-order valence-electron chi connectivity index (χ1n) is 7.92. The van der Waals surface area contributed by atoms with Gasteiger partial charge in [0.05, 0.1) is 11.9 Å². The Kier molecular flexibility index (Phi) is 4.87. The van der Waals surface area contributed by atoms with E-state index in [0.29, 0.717) is 19.0 Å². The SMILES string of the molecule is O=C(Nc1ccc(C(F)(F)F)nc1)N1CCC(c2ccncc2)CC1. The molecule has 0 atom stereocenters. The minimum atomic E-state index is -4.49. The van der Waals surface area contributed by atoms with Gasteiger partial charge in [-0.15, -0.1) is 0 Å². The lowest BCUT2D eigenvalue weighted by Crippen LogP contribution is -2.40. The van der Waals surface area contributed by atoms with Crippen LogP contribution in [-0.2, 0) is 6.18 Å². The number of aromatic nitrogens is 2. The maximum atomic E-state index is 12.5. The van der Waals surface area contributed by atoms with Crippen LogP contribution < -0.4 is 5.32 Å². The Bertz CT molecular complexity index is 711. The van der Waals surface area contributed by atoms with Crippen molar-refractivity contribution in [1.29, 1.82) is 0 Å². The van der Waals surface area contributed by atoms with Crippen molar-refractivity contribution in [1.82, 2.24) is 14.9 Å². The zero-order valence-electron chi connectivity index (χ0n) is 13.3. The van der Waals surface area contributed by atoms with Gasteiger partial charge in [0.2, 0.25) is 0 Å². The molecule has 2 amide bonds. The van der Waals surface area contributed by atoms with E-state index in [2.05, 4.69) is 15.3 Å². The van der Waals surface area contributed by atoms with E-state index in [0.717, 1.165) is 25.1 Å². The Morgan fingerprint density at radius 1 is 1.12 bits per heavy atom. The maximum absolute atomic E-state index is 12.5. The zero-order chi connectivity index (χ0) is 17.9. The number of halogens is 3. The van der Waals surface area contributed by atoms with Crippen LogP contribution in [0.25, 0.3) is 0 Å².